The monoisotopic (exact) mass is 283 g/mol. The van der Waals surface area contributed by atoms with E-state index in [1.54, 1.807) is 18.3 Å². The van der Waals surface area contributed by atoms with Crippen LogP contribution in [-0.4, -0.2) is 16.1 Å². The number of rotatable bonds is 2. The number of carboxylic acid groups (broad SMARTS) is 1. The maximum atomic E-state index is 11.1. The van der Waals surface area contributed by atoms with Gasteiger partial charge < -0.3 is 5.11 Å². The first-order chi connectivity index (χ1) is 9.65. The molecule has 0 aliphatic carbocycles. The third kappa shape index (κ3) is 2.24. The first kappa shape index (κ1) is 12.6. The van der Waals surface area contributed by atoms with Crippen LogP contribution in [0.3, 0.4) is 0 Å². The van der Waals surface area contributed by atoms with Crippen molar-refractivity contribution in [3.05, 3.63) is 65.3 Å². The first-order valence-electron chi connectivity index (χ1n) is 6.03. The molecular formula is C16H10ClNO2. The van der Waals surface area contributed by atoms with E-state index in [0.29, 0.717) is 10.6 Å². The molecule has 0 aliphatic heterocycles. The molecule has 1 aromatic heterocycles. The average molecular weight is 284 g/mol. The second-order valence-electron chi connectivity index (χ2n) is 4.41. The van der Waals surface area contributed by atoms with E-state index in [0.717, 1.165) is 16.5 Å². The molecule has 0 saturated heterocycles. The van der Waals surface area contributed by atoms with E-state index in [9.17, 15) is 4.79 Å². The SMILES string of the molecule is O=C(O)c1ccc(Cl)c(-c2ccc3cccnc3c2)c1. The number of hydrogen-bond acceptors (Lipinski definition) is 2. The fraction of sp³-hybridized carbons (Fsp3) is 0. The number of fused-ring (bicyclic) bond motifs is 1. The molecule has 0 radical (unpaired) electrons. The van der Waals surface area contributed by atoms with Crippen molar-refractivity contribution in [2.24, 2.45) is 0 Å². The number of benzene rings is 2. The van der Waals surface area contributed by atoms with Crippen LogP contribution in [0.2, 0.25) is 5.02 Å². The summed E-state index contributed by atoms with van der Waals surface area (Å²) in [5, 5.41) is 10.6. The van der Waals surface area contributed by atoms with Gasteiger partial charge in [0.25, 0.3) is 0 Å². The number of hydrogen-bond donors (Lipinski definition) is 1. The lowest BCUT2D eigenvalue weighted by Gasteiger charge is -2.07. The Morgan fingerprint density at radius 1 is 1.10 bits per heavy atom. The number of nitrogens with zero attached hydrogens (tertiary/aromatic N) is 1. The van der Waals surface area contributed by atoms with E-state index in [4.69, 9.17) is 16.7 Å². The molecule has 98 valence electrons. The molecule has 0 unspecified atom stereocenters. The largest absolute Gasteiger partial charge is 0.478 e. The number of carbonyl (C=O) groups is 1. The van der Waals surface area contributed by atoms with Crippen LogP contribution in [0.4, 0.5) is 0 Å². The summed E-state index contributed by atoms with van der Waals surface area (Å²) in [6.07, 6.45) is 1.72. The average Bonchev–Trinajstić information content (AvgIpc) is 2.47. The van der Waals surface area contributed by atoms with Gasteiger partial charge in [0.05, 0.1) is 11.1 Å². The zero-order valence-electron chi connectivity index (χ0n) is 10.4. The minimum Gasteiger partial charge on any atom is -0.478 e. The standard InChI is InChI=1S/C16H10ClNO2/c17-14-6-5-12(16(19)20)8-13(14)11-4-3-10-2-1-7-18-15(10)9-11/h1-9H,(H,19,20). The fourth-order valence-corrected chi connectivity index (χ4v) is 2.34. The summed E-state index contributed by atoms with van der Waals surface area (Å²) in [5.41, 5.74) is 2.61. The van der Waals surface area contributed by atoms with Crippen molar-refractivity contribution in [1.29, 1.82) is 0 Å². The van der Waals surface area contributed by atoms with Gasteiger partial charge in [-0.25, -0.2) is 4.79 Å². The molecule has 3 rings (SSSR count). The van der Waals surface area contributed by atoms with E-state index in [1.807, 2.05) is 30.3 Å². The second-order valence-corrected chi connectivity index (χ2v) is 4.82. The van der Waals surface area contributed by atoms with Gasteiger partial charge in [0.15, 0.2) is 0 Å². The quantitative estimate of drug-likeness (QED) is 0.765. The highest BCUT2D eigenvalue weighted by Gasteiger charge is 2.09. The number of aromatic carboxylic acids is 1. The van der Waals surface area contributed by atoms with Crippen LogP contribution in [0.25, 0.3) is 22.0 Å². The van der Waals surface area contributed by atoms with Gasteiger partial charge in [0, 0.05) is 22.2 Å². The van der Waals surface area contributed by atoms with Crippen LogP contribution in [0.5, 0.6) is 0 Å². The third-order valence-electron chi connectivity index (χ3n) is 3.13. The van der Waals surface area contributed by atoms with Crippen molar-refractivity contribution in [2.75, 3.05) is 0 Å². The number of pyridine rings is 1. The lowest BCUT2D eigenvalue weighted by Crippen LogP contribution is -1.96. The van der Waals surface area contributed by atoms with E-state index in [-0.39, 0.29) is 5.56 Å². The Hall–Kier alpha value is -2.39. The molecule has 0 aliphatic rings. The first-order valence-corrected chi connectivity index (χ1v) is 6.41. The number of carboxylic acids is 1. The van der Waals surface area contributed by atoms with Crippen LogP contribution in [0.1, 0.15) is 10.4 Å². The Morgan fingerprint density at radius 3 is 2.75 bits per heavy atom. The maximum absolute atomic E-state index is 11.1. The summed E-state index contributed by atoms with van der Waals surface area (Å²) in [4.78, 5) is 15.3. The number of aromatic nitrogens is 1. The molecular weight excluding hydrogens is 274 g/mol. The maximum Gasteiger partial charge on any atom is 0.335 e. The highest BCUT2D eigenvalue weighted by Crippen LogP contribution is 2.30. The molecule has 4 heteroatoms. The van der Waals surface area contributed by atoms with Crippen LogP contribution >= 0.6 is 11.6 Å². The van der Waals surface area contributed by atoms with Gasteiger partial charge in [-0.05, 0) is 35.9 Å². The van der Waals surface area contributed by atoms with Gasteiger partial charge in [0.2, 0.25) is 0 Å². The molecule has 3 aromatic rings. The van der Waals surface area contributed by atoms with E-state index in [1.165, 1.54) is 6.07 Å². The van der Waals surface area contributed by atoms with Gasteiger partial charge in [-0.15, -0.1) is 0 Å². The van der Waals surface area contributed by atoms with Gasteiger partial charge in [-0.3, -0.25) is 4.98 Å². The van der Waals surface area contributed by atoms with E-state index >= 15 is 0 Å². The normalized spacial score (nSPS) is 10.7. The Bertz CT molecular complexity index is 814. The highest BCUT2D eigenvalue weighted by molar-refractivity contribution is 6.33. The predicted octanol–water partition coefficient (Wildman–Crippen LogP) is 4.25. The van der Waals surface area contributed by atoms with Crippen molar-refractivity contribution in [2.45, 2.75) is 0 Å². The van der Waals surface area contributed by atoms with Gasteiger partial charge in [0.1, 0.15) is 0 Å². The summed E-state index contributed by atoms with van der Waals surface area (Å²) in [7, 11) is 0. The molecule has 0 atom stereocenters. The lowest BCUT2D eigenvalue weighted by molar-refractivity contribution is 0.0697. The zero-order chi connectivity index (χ0) is 14.1. The van der Waals surface area contributed by atoms with E-state index < -0.39 is 5.97 Å². The predicted molar refractivity (Wildman–Crippen MR) is 79.1 cm³/mol. The molecule has 0 bridgehead atoms. The minimum atomic E-state index is -0.971. The van der Waals surface area contributed by atoms with Crippen molar-refractivity contribution >= 4 is 28.5 Å². The van der Waals surface area contributed by atoms with Crippen molar-refractivity contribution < 1.29 is 9.90 Å². The molecule has 0 amide bonds. The van der Waals surface area contributed by atoms with Crippen molar-refractivity contribution in [3.63, 3.8) is 0 Å². The molecule has 0 fully saturated rings. The Morgan fingerprint density at radius 2 is 1.95 bits per heavy atom. The van der Waals surface area contributed by atoms with Gasteiger partial charge >= 0.3 is 5.97 Å². The summed E-state index contributed by atoms with van der Waals surface area (Å²) < 4.78 is 0. The molecule has 1 N–H and O–H groups in total. The topological polar surface area (TPSA) is 50.2 Å². The van der Waals surface area contributed by atoms with Crippen LogP contribution in [-0.2, 0) is 0 Å². The molecule has 1 heterocycles. The fourth-order valence-electron chi connectivity index (χ4n) is 2.11. The smallest absolute Gasteiger partial charge is 0.335 e. The van der Waals surface area contributed by atoms with Crippen LogP contribution < -0.4 is 0 Å². The molecule has 0 spiro atoms. The van der Waals surface area contributed by atoms with Gasteiger partial charge in [-0.1, -0.05) is 29.8 Å². The minimum absolute atomic E-state index is 0.213. The van der Waals surface area contributed by atoms with Crippen LogP contribution in [0, 0.1) is 0 Å². The molecule has 3 nitrogen and oxygen atoms in total. The van der Waals surface area contributed by atoms with E-state index in [2.05, 4.69) is 4.98 Å². The number of halogens is 1. The summed E-state index contributed by atoms with van der Waals surface area (Å²) in [6.45, 7) is 0. The summed E-state index contributed by atoms with van der Waals surface area (Å²) >= 11 is 6.17. The lowest BCUT2D eigenvalue weighted by atomic mass is 10.0. The molecule has 20 heavy (non-hydrogen) atoms. The summed E-state index contributed by atoms with van der Waals surface area (Å²) in [6, 6.07) is 14.3. The highest BCUT2D eigenvalue weighted by atomic mass is 35.5. The zero-order valence-corrected chi connectivity index (χ0v) is 11.1. The van der Waals surface area contributed by atoms with Crippen molar-refractivity contribution in [3.8, 4) is 11.1 Å². The second kappa shape index (κ2) is 4.94. The Balaban J connectivity index is 2.19. The van der Waals surface area contributed by atoms with Gasteiger partial charge in [-0.2, -0.15) is 0 Å². The Kier molecular flexibility index (Phi) is 3.12. The van der Waals surface area contributed by atoms with Crippen LogP contribution in [0.15, 0.2) is 54.7 Å². The summed E-state index contributed by atoms with van der Waals surface area (Å²) in [5.74, 6) is -0.971. The molecule has 0 saturated carbocycles. The Labute approximate surface area is 120 Å². The molecule has 2 aromatic carbocycles. The third-order valence-corrected chi connectivity index (χ3v) is 3.46. The van der Waals surface area contributed by atoms with Crippen molar-refractivity contribution in [1.82, 2.24) is 4.98 Å².